The van der Waals surface area contributed by atoms with Gasteiger partial charge in [-0.1, -0.05) is 13.0 Å². The molecule has 152 valence electrons. The van der Waals surface area contributed by atoms with Crippen LogP contribution in [0.1, 0.15) is 29.5 Å². The molecule has 4 rings (SSSR count). The first-order valence-corrected chi connectivity index (χ1v) is 10.00. The van der Waals surface area contributed by atoms with Crippen LogP contribution in [0.4, 0.5) is 9.18 Å². The standard InChI is InChI=1S/C23H26FN3O2/c1-15-14-27(10-8-16-3-5-19(29-2)12-21(15)16)23(28)25-9-7-17-13-26-22-11-18(24)4-6-20(17)22/h3-6,11-13,15,26H,7-10,14H2,1-2H3,(H,25,28). The van der Waals surface area contributed by atoms with E-state index >= 15 is 0 Å². The summed E-state index contributed by atoms with van der Waals surface area (Å²) in [5.41, 5.74) is 4.38. The van der Waals surface area contributed by atoms with Crippen LogP contribution in [0.2, 0.25) is 0 Å². The predicted molar refractivity (Wildman–Crippen MR) is 112 cm³/mol. The zero-order chi connectivity index (χ0) is 20.4. The number of ether oxygens (including phenoxy) is 1. The molecule has 0 spiro atoms. The van der Waals surface area contributed by atoms with Crippen molar-refractivity contribution in [3.63, 3.8) is 0 Å². The Hall–Kier alpha value is -3.02. The van der Waals surface area contributed by atoms with Crippen molar-refractivity contribution in [2.45, 2.75) is 25.7 Å². The number of benzene rings is 2. The van der Waals surface area contributed by atoms with Crippen LogP contribution in [0.5, 0.6) is 5.75 Å². The van der Waals surface area contributed by atoms with Gasteiger partial charge in [0.1, 0.15) is 11.6 Å². The van der Waals surface area contributed by atoms with Gasteiger partial charge in [0.2, 0.25) is 0 Å². The lowest BCUT2D eigenvalue weighted by Gasteiger charge is -2.23. The van der Waals surface area contributed by atoms with E-state index < -0.39 is 0 Å². The quantitative estimate of drug-likeness (QED) is 0.695. The lowest BCUT2D eigenvalue weighted by Crippen LogP contribution is -2.42. The van der Waals surface area contributed by atoms with Crippen molar-refractivity contribution in [2.75, 3.05) is 26.7 Å². The fraction of sp³-hybridized carbons (Fsp3) is 0.348. The molecule has 1 aliphatic heterocycles. The summed E-state index contributed by atoms with van der Waals surface area (Å²) in [6.07, 6.45) is 3.41. The Morgan fingerprint density at radius 1 is 1.31 bits per heavy atom. The number of aromatic amines is 1. The largest absolute Gasteiger partial charge is 0.497 e. The van der Waals surface area contributed by atoms with Crippen molar-refractivity contribution in [1.82, 2.24) is 15.2 Å². The van der Waals surface area contributed by atoms with Crippen LogP contribution >= 0.6 is 0 Å². The third-order valence-electron chi connectivity index (χ3n) is 5.72. The highest BCUT2D eigenvalue weighted by molar-refractivity contribution is 5.83. The fourth-order valence-electron chi connectivity index (χ4n) is 4.13. The van der Waals surface area contributed by atoms with Gasteiger partial charge >= 0.3 is 6.03 Å². The number of methoxy groups -OCH3 is 1. The number of urea groups is 1. The summed E-state index contributed by atoms with van der Waals surface area (Å²) < 4.78 is 18.7. The molecular weight excluding hydrogens is 369 g/mol. The molecule has 2 aromatic carbocycles. The van der Waals surface area contributed by atoms with E-state index in [1.807, 2.05) is 17.2 Å². The molecule has 2 heterocycles. The number of carbonyl (C=O) groups excluding carboxylic acids is 1. The van der Waals surface area contributed by atoms with Gasteiger partial charge in [-0.25, -0.2) is 9.18 Å². The van der Waals surface area contributed by atoms with E-state index in [0.29, 0.717) is 26.1 Å². The molecule has 5 nitrogen and oxygen atoms in total. The van der Waals surface area contributed by atoms with Crippen LogP contribution in [0.25, 0.3) is 10.9 Å². The van der Waals surface area contributed by atoms with Gasteiger partial charge in [0.15, 0.2) is 0 Å². The average Bonchev–Trinajstić information content (AvgIpc) is 3.04. The lowest BCUT2D eigenvalue weighted by atomic mass is 9.95. The molecule has 1 aliphatic rings. The Morgan fingerprint density at radius 2 is 2.17 bits per heavy atom. The van der Waals surface area contributed by atoms with E-state index in [1.165, 1.54) is 23.3 Å². The second kappa shape index (κ2) is 8.15. The summed E-state index contributed by atoms with van der Waals surface area (Å²) in [4.78, 5) is 17.7. The first-order valence-electron chi connectivity index (χ1n) is 10.00. The average molecular weight is 395 g/mol. The van der Waals surface area contributed by atoms with E-state index in [0.717, 1.165) is 28.6 Å². The Bertz CT molecular complexity index is 1030. The van der Waals surface area contributed by atoms with Gasteiger partial charge in [0.05, 0.1) is 7.11 Å². The van der Waals surface area contributed by atoms with E-state index in [9.17, 15) is 9.18 Å². The van der Waals surface area contributed by atoms with E-state index in [2.05, 4.69) is 29.4 Å². The van der Waals surface area contributed by atoms with Crippen LogP contribution in [0.3, 0.4) is 0 Å². The first kappa shape index (κ1) is 19.3. The molecule has 0 aliphatic carbocycles. The van der Waals surface area contributed by atoms with Crippen LogP contribution in [0.15, 0.2) is 42.6 Å². The van der Waals surface area contributed by atoms with Crippen LogP contribution in [-0.2, 0) is 12.8 Å². The summed E-state index contributed by atoms with van der Waals surface area (Å²) in [5.74, 6) is 0.845. The normalized spacial score (nSPS) is 16.4. The number of rotatable bonds is 4. The van der Waals surface area contributed by atoms with Gasteiger partial charge in [-0.15, -0.1) is 0 Å². The number of fused-ring (bicyclic) bond motifs is 2. The van der Waals surface area contributed by atoms with Gasteiger partial charge in [-0.2, -0.15) is 0 Å². The van der Waals surface area contributed by atoms with Gasteiger partial charge in [-0.05, 0) is 65.8 Å². The number of nitrogens with zero attached hydrogens (tertiary/aromatic N) is 1. The number of hydrogen-bond donors (Lipinski definition) is 2. The molecule has 1 aromatic heterocycles. The van der Waals surface area contributed by atoms with Gasteiger partial charge in [0, 0.05) is 36.7 Å². The first-order chi connectivity index (χ1) is 14.0. The minimum atomic E-state index is -0.256. The molecule has 1 unspecified atom stereocenters. The SMILES string of the molecule is COc1ccc2c(c1)C(C)CN(C(=O)NCCc1c[nH]c3cc(F)ccc13)CC2. The van der Waals surface area contributed by atoms with Crippen molar-refractivity contribution in [3.8, 4) is 5.75 Å². The second-order valence-electron chi connectivity index (χ2n) is 7.65. The van der Waals surface area contributed by atoms with Crippen LogP contribution in [0, 0.1) is 5.82 Å². The molecule has 0 saturated carbocycles. The van der Waals surface area contributed by atoms with E-state index in [1.54, 1.807) is 13.2 Å². The van der Waals surface area contributed by atoms with Crippen molar-refractivity contribution in [1.29, 1.82) is 0 Å². The molecular formula is C23H26FN3O2. The highest BCUT2D eigenvalue weighted by atomic mass is 19.1. The number of amides is 2. The molecule has 2 N–H and O–H groups in total. The van der Waals surface area contributed by atoms with E-state index in [-0.39, 0.29) is 17.8 Å². The Kier molecular flexibility index (Phi) is 5.43. The minimum absolute atomic E-state index is 0.0393. The minimum Gasteiger partial charge on any atom is -0.497 e. The number of nitrogens with one attached hydrogen (secondary N) is 2. The monoisotopic (exact) mass is 395 g/mol. The number of aromatic nitrogens is 1. The van der Waals surface area contributed by atoms with Crippen molar-refractivity contribution in [3.05, 3.63) is 65.1 Å². The smallest absolute Gasteiger partial charge is 0.317 e. The Balaban J connectivity index is 1.36. The third kappa shape index (κ3) is 4.06. The third-order valence-corrected chi connectivity index (χ3v) is 5.72. The number of H-pyrrole nitrogens is 1. The molecule has 0 bridgehead atoms. The van der Waals surface area contributed by atoms with E-state index in [4.69, 9.17) is 4.74 Å². The maximum absolute atomic E-state index is 13.3. The molecule has 0 radical (unpaired) electrons. The van der Waals surface area contributed by atoms with Gasteiger partial charge in [0.25, 0.3) is 0 Å². The summed E-state index contributed by atoms with van der Waals surface area (Å²) in [5, 5.41) is 4.03. The van der Waals surface area contributed by atoms with Crippen molar-refractivity contribution >= 4 is 16.9 Å². The zero-order valence-corrected chi connectivity index (χ0v) is 16.8. The molecule has 29 heavy (non-hydrogen) atoms. The number of hydrogen-bond acceptors (Lipinski definition) is 2. The Morgan fingerprint density at radius 3 is 3.00 bits per heavy atom. The zero-order valence-electron chi connectivity index (χ0n) is 16.8. The molecule has 0 saturated heterocycles. The molecule has 3 aromatic rings. The highest BCUT2D eigenvalue weighted by Crippen LogP contribution is 2.29. The fourth-order valence-corrected chi connectivity index (χ4v) is 4.13. The topological polar surface area (TPSA) is 57.4 Å². The van der Waals surface area contributed by atoms with Crippen LogP contribution < -0.4 is 10.1 Å². The van der Waals surface area contributed by atoms with Crippen molar-refractivity contribution in [2.24, 2.45) is 0 Å². The molecule has 2 amide bonds. The summed E-state index contributed by atoms with van der Waals surface area (Å²) >= 11 is 0. The number of halogens is 1. The maximum atomic E-state index is 13.3. The highest BCUT2D eigenvalue weighted by Gasteiger charge is 2.23. The number of carbonyl (C=O) groups is 1. The predicted octanol–water partition coefficient (Wildman–Crippen LogP) is 4.23. The maximum Gasteiger partial charge on any atom is 0.317 e. The van der Waals surface area contributed by atoms with Crippen LogP contribution in [-0.4, -0.2) is 42.7 Å². The lowest BCUT2D eigenvalue weighted by molar-refractivity contribution is 0.197. The summed E-state index contributed by atoms with van der Waals surface area (Å²) in [6.45, 7) is 4.06. The van der Waals surface area contributed by atoms with Gasteiger partial charge < -0.3 is 19.9 Å². The molecule has 0 fully saturated rings. The summed E-state index contributed by atoms with van der Waals surface area (Å²) in [6, 6.07) is 10.9. The second-order valence-corrected chi connectivity index (χ2v) is 7.65. The summed E-state index contributed by atoms with van der Waals surface area (Å²) in [7, 11) is 1.67. The molecule has 1 atom stereocenters. The van der Waals surface area contributed by atoms with Crippen molar-refractivity contribution < 1.29 is 13.9 Å². The Labute approximate surface area is 169 Å². The molecule has 6 heteroatoms. The van der Waals surface area contributed by atoms with Gasteiger partial charge in [-0.3, -0.25) is 0 Å².